The Morgan fingerprint density at radius 3 is 2.53 bits per heavy atom. The number of methoxy groups -OCH3 is 1. The molecule has 4 heteroatoms. The Hall–Kier alpha value is -2.49. The van der Waals surface area contributed by atoms with Crippen LogP contribution in [0.25, 0.3) is 0 Å². The number of hydrogen-bond acceptors (Lipinski definition) is 4. The number of carbonyl (C=O) groups is 1. The van der Waals surface area contributed by atoms with Crippen LogP contribution in [0.4, 0.5) is 0 Å². The van der Waals surface area contributed by atoms with Gasteiger partial charge in [0.1, 0.15) is 17.1 Å². The molecule has 0 radical (unpaired) electrons. The summed E-state index contributed by atoms with van der Waals surface area (Å²) in [4.78, 5) is 12.0. The second-order valence-corrected chi connectivity index (χ2v) is 9.47. The molecule has 1 aliphatic rings. The molecule has 0 aromatic heterocycles. The number of hydrogen-bond donors (Lipinski definition) is 1. The molecule has 176 valence electrons. The number of phenolic OH excluding ortho intramolecular Hbond substituents is 1. The fourth-order valence-corrected chi connectivity index (χ4v) is 4.17. The summed E-state index contributed by atoms with van der Waals surface area (Å²) in [6, 6.07) is 3.59. The van der Waals surface area contributed by atoms with E-state index in [4.69, 9.17) is 9.47 Å². The first-order valence-electron chi connectivity index (χ1n) is 11.7. The van der Waals surface area contributed by atoms with E-state index >= 15 is 0 Å². The molecule has 1 N–H and O–H groups in total. The second kappa shape index (κ2) is 11.9. The van der Waals surface area contributed by atoms with Crippen LogP contribution in [-0.2, 0) is 16.0 Å². The summed E-state index contributed by atoms with van der Waals surface area (Å²) < 4.78 is 11.3. The van der Waals surface area contributed by atoms with Crippen LogP contribution < -0.4 is 4.74 Å². The molecule has 0 spiro atoms. The van der Waals surface area contributed by atoms with E-state index in [2.05, 4.69) is 39.8 Å². The number of ether oxygens (including phenoxy) is 2. The number of aryl methyl sites for hydroxylation is 2. The highest BCUT2D eigenvalue weighted by Gasteiger charge is 2.32. The summed E-state index contributed by atoms with van der Waals surface area (Å²) in [5.41, 5.74) is 5.27. The van der Waals surface area contributed by atoms with Crippen molar-refractivity contribution < 1.29 is 19.4 Å². The second-order valence-electron chi connectivity index (χ2n) is 9.47. The molecule has 2 rings (SSSR count). The van der Waals surface area contributed by atoms with Crippen LogP contribution in [0.3, 0.4) is 0 Å². The molecule has 0 bridgehead atoms. The lowest BCUT2D eigenvalue weighted by molar-refractivity contribution is -0.136. The van der Waals surface area contributed by atoms with E-state index in [-0.39, 0.29) is 11.6 Å². The van der Waals surface area contributed by atoms with Crippen LogP contribution in [0.2, 0.25) is 0 Å². The van der Waals surface area contributed by atoms with Gasteiger partial charge in [0.25, 0.3) is 0 Å². The third-order valence-corrected chi connectivity index (χ3v) is 6.12. The molecule has 32 heavy (non-hydrogen) atoms. The van der Waals surface area contributed by atoms with E-state index in [1.165, 1.54) is 18.3 Å². The quantitative estimate of drug-likeness (QED) is 0.239. The minimum absolute atomic E-state index is 0.186. The highest BCUT2D eigenvalue weighted by molar-refractivity contribution is 5.88. The first-order chi connectivity index (χ1) is 15.1. The Bertz CT molecular complexity index is 887. The number of rotatable bonds is 10. The minimum atomic E-state index is -0.222. The molecule has 4 nitrogen and oxygen atoms in total. The fraction of sp³-hybridized carbons (Fsp3) is 0.536. The van der Waals surface area contributed by atoms with Gasteiger partial charge in [-0.3, -0.25) is 0 Å². The molecule has 0 saturated heterocycles. The number of aromatic hydroxyl groups is 1. The zero-order valence-electron chi connectivity index (χ0n) is 20.7. The fourth-order valence-electron chi connectivity index (χ4n) is 4.17. The summed E-state index contributed by atoms with van der Waals surface area (Å²) in [5.74, 6) is 1.03. The number of benzene rings is 1. The van der Waals surface area contributed by atoms with E-state index in [1.54, 1.807) is 6.07 Å². The molecule has 0 saturated carbocycles. The van der Waals surface area contributed by atoms with Gasteiger partial charge in [-0.25, -0.2) is 4.79 Å². The molecular formula is C28H40O4. The zero-order chi connectivity index (χ0) is 23.7. The average Bonchev–Trinajstić information content (AvgIpc) is 2.72. The first kappa shape index (κ1) is 25.8. The molecular weight excluding hydrogens is 400 g/mol. The van der Waals surface area contributed by atoms with Crippen molar-refractivity contribution in [1.82, 2.24) is 0 Å². The van der Waals surface area contributed by atoms with Gasteiger partial charge >= 0.3 is 5.97 Å². The molecule has 1 aromatic carbocycles. The van der Waals surface area contributed by atoms with Gasteiger partial charge in [0.15, 0.2) is 0 Å². The smallest absolute Gasteiger partial charge is 0.333 e. The van der Waals surface area contributed by atoms with E-state index in [9.17, 15) is 9.90 Å². The van der Waals surface area contributed by atoms with Gasteiger partial charge in [-0.05, 0) is 109 Å². The summed E-state index contributed by atoms with van der Waals surface area (Å²) >= 11 is 0. The summed E-state index contributed by atoms with van der Waals surface area (Å²) in [6.07, 6.45) is 13.6. The molecule has 1 aliphatic heterocycles. The van der Waals surface area contributed by atoms with Crippen LogP contribution in [0.1, 0.15) is 83.8 Å². The minimum Gasteiger partial charge on any atom is -0.508 e. The molecule has 0 fully saturated rings. The van der Waals surface area contributed by atoms with E-state index in [1.807, 2.05) is 19.1 Å². The van der Waals surface area contributed by atoms with Gasteiger partial charge in [-0.2, -0.15) is 0 Å². The number of phenols is 1. The number of carbonyl (C=O) groups excluding carboxylic acids is 1. The highest BCUT2D eigenvalue weighted by atomic mass is 16.5. The summed E-state index contributed by atoms with van der Waals surface area (Å²) in [5, 5.41) is 9.82. The van der Waals surface area contributed by atoms with Crippen molar-refractivity contribution in [1.29, 1.82) is 0 Å². The molecule has 0 amide bonds. The maximum Gasteiger partial charge on any atom is 0.333 e. The normalized spacial score (nSPS) is 18.6. The Labute approximate surface area is 194 Å². The predicted octanol–water partition coefficient (Wildman–Crippen LogP) is 7.14. The average molecular weight is 441 g/mol. The maximum atomic E-state index is 12.0. The number of esters is 1. The Kier molecular flexibility index (Phi) is 9.61. The Morgan fingerprint density at radius 2 is 1.84 bits per heavy atom. The van der Waals surface area contributed by atoms with Gasteiger partial charge < -0.3 is 14.6 Å². The topological polar surface area (TPSA) is 55.8 Å². The van der Waals surface area contributed by atoms with E-state index in [0.717, 1.165) is 73.8 Å². The van der Waals surface area contributed by atoms with E-state index in [0.29, 0.717) is 5.75 Å². The third-order valence-electron chi connectivity index (χ3n) is 6.12. The van der Waals surface area contributed by atoms with Gasteiger partial charge in [-0.15, -0.1) is 0 Å². The lowest BCUT2D eigenvalue weighted by atomic mass is 9.87. The zero-order valence-corrected chi connectivity index (χ0v) is 20.7. The van der Waals surface area contributed by atoms with Gasteiger partial charge in [0.2, 0.25) is 0 Å². The van der Waals surface area contributed by atoms with Crippen LogP contribution in [0.15, 0.2) is 47.1 Å². The van der Waals surface area contributed by atoms with Crippen molar-refractivity contribution in [2.24, 2.45) is 0 Å². The molecule has 1 atom stereocenters. The van der Waals surface area contributed by atoms with Crippen molar-refractivity contribution in [2.45, 2.75) is 91.6 Å². The summed E-state index contributed by atoms with van der Waals surface area (Å²) in [7, 11) is 1.44. The number of allylic oxidation sites excluding steroid dienone is 5. The lowest BCUT2D eigenvalue weighted by Gasteiger charge is -2.36. The van der Waals surface area contributed by atoms with Crippen LogP contribution >= 0.6 is 0 Å². The Morgan fingerprint density at radius 1 is 1.12 bits per heavy atom. The predicted molar refractivity (Wildman–Crippen MR) is 131 cm³/mol. The first-order valence-corrected chi connectivity index (χ1v) is 11.7. The van der Waals surface area contributed by atoms with Gasteiger partial charge in [0, 0.05) is 5.57 Å². The molecule has 1 heterocycles. The van der Waals surface area contributed by atoms with Crippen molar-refractivity contribution in [3.63, 3.8) is 0 Å². The van der Waals surface area contributed by atoms with Crippen LogP contribution in [0.5, 0.6) is 11.5 Å². The highest BCUT2D eigenvalue weighted by Crippen LogP contribution is 2.39. The third kappa shape index (κ3) is 7.89. The van der Waals surface area contributed by atoms with Gasteiger partial charge in [-0.1, -0.05) is 29.4 Å². The standard InChI is InChI=1S/C28H40O4/c1-20(2)10-7-13-23(27(30)31-6)14-8-11-21(3)12-9-16-28(5)17-15-24-19-25(29)18-22(4)26(24)32-28/h10,12,14,18-19,29H,7-9,11,13,15-17H2,1-6H3. The molecule has 1 aromatic rings. The summed E-state index contributed by atoms with van der Waals surface area (Å²) in [6.45, 7) is 10.5. The van der Waals surface area contributed by atoms with Crippen LogP contribution in [0, 0.1) is 6.92 Å². The van der Waals surface area contributed by atoms with Crippen molar-refractivity contribution in [3.8, 4) is 11.5 Å². The lowest BCUT2D eigenvalue weighted by Crippen LogP contribution is -2.36. The maximum absolute atomic E-state index is 12.0. The van der Waals surface area contributed by atoms with Crippen LogP contribution in [-0.4, -0.2) is 23.8 Å². The van der Waals surface area contributed by atoms with Crippen molar-refractivity contribution in [2.75, 3.05) is 7.11 Å². The number of fused-ring (bicyclic) bond motifs is 1. The monoisotopic (exact) mass is 440 g/mol. The largest absolute Gasteiger partial charge is 0.508 e. The Balaban J connectivity index is 1.87. The SMILES string of the molecule is COC(=O)C(=CCCC(C)=CCCC1(C)CCc2cc(O)cc(C)c2O1)CCC=C(C)C. The van der Waals surface area contributed by atoms with Crippen molar-refractivity contribution in [3.05, 3.63) is 58.2 Å². The molecule has 0 aliphatic carbocycles. The van der Waals surface area contributed by atoms with E-state index < -0.39 is 0 Å². The van der Waals surface area contributed by atoms with Crippen molar-refractivity contribution >= 4 is 5.97 Å². The molecule has 1 unspecified atom stereocenters. The van der Waals surface area contributed by atoms with Gasteiger partial charge in [0.05, 0.1) is 7.11 Å².